The summed E-state index contributed by atoms with van der Waals surface area (Å²) < 4.78 is 0. The molecule has 3 rings (SSSR count). The minimum atomic E-state index is 0.914. The molecule has 2 aromatic rings. The van der Waals surface area contributed by atoms with Crippen molar-refractivity contribution in [3.63, 3.8) is 0 Å². The molecule has 0 radical (unpaired) electrons. The third-order valence-corrected chi connectivity index (χ3v) is 5.06. The highest BCUT2D eigenvalue weighted by molar-refractivity contribution is 5.65. The summed E-state index contributed by atoms with van der Waals surface area (Å²) in [4.78, 5) is 0. The third-order valence-electron chi connectivity index (χ3n) is 5.06. The van der Waals surface area contributed by atoms with Crippen LogP contribution in [0.3, 0.4) is 0 Å². The highest BCUT2D eigenvalue weighted by Crippen LogP contribution is 2.31. The van der Waals surface area contributed by atoms with Gasteiger partial charge in [-0.15, -0.1) is 0 Å². The van der Waals surface area contributed by atoms with Gasteiger partial charge in [0.2, 0.25) is 0 Å². The highest BCUT2D eigenvalue weighted by Gasteiger charge is 2.18. The second kappa shape index (κ2) is 7.13. The van der Waals surface area contributed by atoms with E-state index in [2.05, 4.69) is 56.3 Å². The summed E-state index contributed by atoms with van der Waals surface area (Å²) in [6, 6.07) is 16.3. The first-order valence-corrected chi connectivity index (χ1v) is 9.01. The maximum absolute atomic E-state index is 2.44. The normalized spacial score (nSPS) is 17.3. The maximum atomic E-state index is 2.44. The van der Waals surface area contributed by atoms with Gasteiger partial charge in [-0.05, 0) is 59.4 Å². The maximum Gasteiger partial charge on any atom is -0.0181 e. The van der Waals surface area contributed by atoms with E-state index in [9.17, 15) is 0 Å². The molecule has 0 amide bonds. The van der Waals surface area contributed by atoms with E-state index in [1.165, 1.54) is 61.6 Å². The minimum absolute atomic E-state index is 0.914. The lowest BCUT2D eigenvalue weighted by molar-refractivity contribution is 0.423. The molecular weight excluding hydrogens is 264 g/mol. The van der Waals surface area contributed by atoms with Gasteiger partial charge in [0.25, 0.3) is 0 Å². The molecule has 0 spiro atoms. The SMILES string of the molecule is CCCc1ccc(-c2ccc3c(c2)CCC(CCC)C3)cc1. The predicted octanol–water partition coefficient (Wildman–Crippen LogP) is 6.21. The van der Waals surface area contributed by atoms with E-state index in [0.29, 0.717) is 0 Å². The molecule has 1 aliphatic carbocycles. The lowest BCUT2D eigenvalue weighted by Gasteiger charge is -2.24. The molecule has 0 N–H and O–H groups in total. The molecule has 1 aliphatic rings. The Morgan fingerprint density at radius 2 is 1.64 bits per heavy atom. The van der Waals surface area contributed by atoms with E-state index in [1.807, 2.05) is 0 Å². The molecule has 0 bridgehead atoms. The molecule has 0 fully saturated rings. The summed E-state index contributed by atoms with van der Waals surface area (Å²) in [7, 11) is 0. The van der Waals surface area contributed by atoms with Gasteiger partial charge >= 0.3 is 0 Å². The van der Waals surface area contributed by atoms with E-state index < -0.39 is 0 Å². The quantitative estimate of drug-likeness (QED) is 0.614. The molecule has 0 nitrogen and oxygen atoms in total. The number of benzene rings is 2. The second-order valence-electron chi connectivity index (χ2n) is 6.83. The Bertz CT molecular complexity index is 606. The standard InChI is InChI=1S/C22H28/c1-3-5-17-7-10-19(11-8-17)21-14-13-20-15-18(6-4-2)9-12-22(20)16-21/h7-8,10-11,13-14,16,18H,3-6,9,12,15H2,1-2H3. The van der Waals surface area contributed by atoms with Crippen molar-refractivity contribution in [1.82, 2.24) is 0 Å². The van der Waals surface area contributed by atoms with Gasteiger partial charge in [0.05, 0.1) is 0 Å². The Hall–Kier alpha value is -1.56. The number of hydrogen-bond acceptors (Lipinski definition) is 0. The minimum Gasteiger partial charge on any atom is -0.0654 e. The fourth-order valence-electron chi connectivity index (χ4n) is 3.82. The smallest absolute Gasteiger partial charge is 0.0181 e. The number of rotatable bonds is 5. The zero-order valence-corrected chi connectivity index (χ0v) is 14.1. The van der Waals surface area contributed by atoms with Crippen LogP contribution >= 0.6 is 0 Å². The van der Waals surface area contributed by atoms with Crippen LogP contribution in [0.2, 0.25) is 0 Å². The van der Waals surface area contributed by atoms with Crippen LogP contribution in [0.25, 0.3) is 11.1 Å². The Morgan fingerprint density at radius 1 is 0.864 bits per heavy atom. The van der Waals surface area contributed by atoms with Crippen molar-refractivity contribution in [3.8, 4) is 11.1 Å². The van der Waals surface area contributed by atoms with E-state index in [1.54, 1.807) is 11.1 Å². The van der Waals surface area contributed by atoms with Gasteiger partial charge in [-0.25, -0.2) is 0 Å². The number of fused-ring (bicyclic) bond motifs is 1. The van der Waals surface area contributed by atoms with Crippen molar-refractivity contribution in [3.05, 3.63) is 59.2 Å². The van der Waals surface area contributed by atoms with Crippen molar-refractivity contribution >= 4 is 0 Å². The molecule has 0 aliphatic heterocycles. The van der Waals surface area contributed by atoms with Gasteiger partial charge in [0.15, 0.2) is 0 Å². The van der Waals surface area contributed by atoms with E-state index >= 15 is 0 Å². The third kappa shape index (κ3) is 3.43. The monoisotopic (exact) mass is 292 g/mol. The zero-order valence-electron chi connectivity index (χ0n) is 14.1. The van der Waals surface area contributed by atoms with Crippen LogP contribution in [0.1, 0.15) is 56.2 Å². The van der Waals surface area contributed by atoms with Crippen LogP contribution in [0.15, 0.2) is 42.5 Å². The van der Waals surface area contributed by atoms with Crippen LogP contribution in [0.5, 0.6) is 0 Å². The van der Waals surface area contributed by atoms with Crippen LogP contribution in [-0.2, 0) is 19.3 Å². The second-order valence-corrected chi connectivity index (χ2v) is 6.83. The Balaban J connectivity index is 1.79. The molecule has 2 aromatic carbocycles. The Morgan fingerprint density at radius 3 is 2.36 bits per heavy atom. The fourth-order valence-corrected chi connectivity index (χ4v) is 3.82. The van der Waals surface area contributed by atoms with Crippen LogP contribution in [0, 0.1) is 5.92 Å². The Labute approximate surface area is 135 Å². The van der Waals surface area contributed by atoms with E-state index in [0.717, 1.165) is 5.92 Å². The summed E-state index contributed by atoms with van der Waals surface area (Å²) >= 11 is 0. The average Bonchev–Trinajstić information content (AvgIpc) is 2.56. The van der Waals surface area contributed by atoms with Gasteiger partial charge in [-0.3, -0.25) is 0 Å². The van der Waals surface area contributed by atoms with Gasteiger partial charge in [-0.1, -0.05) is 75.6 Å². The van der Waals surface area contributed by atoms with Crippen molar-refractivity contribution in [2.24, 2.45) is 5.92 Å². The number of aryl methyl sites for hydroxylation is 2. The highest BCUT2D eigenvalue weighted by atomic mass is 14.2. The van der Waals surface area contributed by atoms with Crippen LogP contribution < -0.4 is 0 Å². The fraction of sp³-hybridized carbons (Fsp3) is 0.455. The lowest BCUT2D eigenvalue weighted by Crippen LogP contribution is -2.14. The number of hydrogen-bond donors (Lipinski definition) is 0. The van der Waals surface area contributed by atoms with Gasteiger partial charge < -0.3 is 0 Å². The first-order chi connectivity index (χ1) is 10.8. The molecule has 1 unspecified atom stereocenters. The first kappa shape index (κ1) is 15.3. The summed E-state index contributed by atoms with van der Waals surface area (Å²) in [6.07, 6.45) is 9.04. The molecule has 116 valence electrons. The first-order valence-electron chi connectivity index (χ1n) is 9.01. The molecule has 0 heteroatoms. The summed E-state index contributed by atoms with van der Waals surface area (Å²) in [5.74, 6) is 0.914. The lowest BCUT2D eigenvalue weighted by atomic mass is 9.81. The molecule has 0 heterocycles. The van der Waals surface area contributed by atoms with Crippen LogP contribution in [0.4, 0.5) is 0 Å². The van der Waals surface area contributed by atoms with Crippen molar-refractivity contribution in [2.75, 3.05) is 0 Å². The van der Waals surface area contributed by atoms with Crippen molar-refractivity contribution in [2.45, 2.75) is 58.8 Å². The molecule has 0 saturated carbocycles. The largest absolute Gasteiger partial charge is 0.0654 e. The molecule has 22 heavy (non-hydrogen) atoms. The topological polar surface area (TPSA) is 0 Å². The van der Waals surface area contributed by atoms with Gasteiger partial charge in [0, 0.05) is 0 Å². The van der Waals surface area contributed by atoms with Crippen molar-refractivity contribution in [1.29, 1.82) is 0 Å². The van der Waals surface area contributed by atoms with E-state index in [4.69, 9.17) is 0 Å². The average molecular weight is 292 g/mol. The summed E-state index contributed by atoms with van der Waals surface area (Å²) in [5.41, 5.74) is 7.37. The van der Waals surface area contributed by atoms with Crippen LogP contribution in [-0.4, -0.2) is 0 Å². The van der Waals surface area contributed by atoms with Gasteiger partial charge in [0.1, 0.15) is 0 Å². The molecule has 0 saturated heterocycles. The molecule has 1 atom stereocenters. The summed E-state index contributed by atoms with van der Waals surface area (Å²) in [6.45, 7) is 4.55. The molecular formula is C22H28. The van der Waals surface area contributed by atoms with Gasteiger partial charge in [-0.2, -0.15) is 0 Å². The predicted molar refractivity (Wildman–Crippen MR) is 96.3 cm³/mol. The zero-order chi connectivity index (χ0) is 15.4. The molecule has 0 aromatic heterocycles. The van der Waals surface area contributed by atoms with Crippen molar-refractivity contribution < 1.29 is 0 Å². The summed E-state index contributed by atoms with van der Waals surface area (Å²) in [5, 5.41) is 0. The Kier molecular flexibility index (Phi) is 4.97. The van der Waals surface area contributed by atoms with E-state index in [-0.39, 0.29) is 0 Å².